The van der Waals surface area contributed by atoms with E-state index < -0.39 is 0 Å². The third-order valence-corrected chi connectivity index (χ3v) is 5.00. The third kappa shape index (κ3) is 1.82. The van der Waals surface area contributed by atoms with E-state index in [0.717, 1.165) is 6.42 Å². The Morgan fingerprint density at radius 1 is 0.583 bits per heavy atom. The number of fused-ring (bicyclic) bond motifs is 2. The standard InChI is InChI=1S/C22H16.C2H2/c1-2-14-12-13-20-18-10-4-7-15-6-3-9-17(21(15)18)19-11-5-8-16(14)22(19)20;1-2/h3-13H,2H2,1H3;1-2H. The minimum absolute atomic E-state index is 1.08. The Morgan fingerprint density at radius 2 is 1.08 bits per heavy atom. The maximum atomic E-state index is 4.00. The van der Waals surface area contributed by atoms with Crippen molar-refractivity contribution in [2.45, 2.75) is 13.3 Å². The van der Waals surface area contributed by atoms with Crippen molar-refractivity contribution in [1.82, 2.24) is 0 Å². The van der Waals surface area contributed by atoms with E-state index in [1.54, 1.807) is 0 Å². The summed E-state index contributed by atoms with van der Waals surface area (Å²) in [6, 6.07) is 24.7. The summed E-state index contributed by atoms with van der Waals surface area (Å²) < 4.78 is 0. The van der Waals surface area contributed by atoms with Crippen LogP contribution in [0.1, 0.15) is 12.5 Å². The molecule has 0 aliphatic carbocycles. The normalized spacial score (nSPS) is 11.1. The molecule has 0 heteroatoms. The van der Waals surface area contributed by atoms with Crippen molar-refractivity contribution in [3.05, 3.63) is 72.3 Å². The molecule has 0 aromatic heterocycles. The highest BCUT2D eigenvalue weighted by atomic mass is 14.2. The number of aryl methyl sites for hydroxylation is 1. The van der Waals surface area contributed by atoms with Gasteiger partial charge in [-0.2, -0.15) is 0 Å². The molecule has 114 valence electrons. The second-order valence-corrected chi connectivity index (χ2v) is 6.06. The molecule has 0 nitrogen and oxygen atoms in total. The van der Waals surface area contributed by atoms with Gasteiger partial charge in [-0.15, -0.1) is 12.8 Å². The smallest absolute Gasteiger partial charge is 0.00236 e. The second-order valence-electron chi connectivity index (χ2n) is 6.06. The summed E-state index contributed by atoms with van der Waals surface area (Å²) in [6.45, 7) is 2.24. The van der Waals surface area contributed by atoms with Crippen LogP contribution in [0.15, 0.2) is 66.7 Å². The van der Waals surface area contributed by atoms with Gasteiger partial charge in [0.05, 0.1) is 0 Å². The first-order valence-electron chi connectivity index (χ1n) is 8.29. The van der Waals surface area contributed by atoms with E-state index in [1.807, 2.05) is 0 Å². The summed E-state index contributed by atoms with van der Waals surface area (Å²) in [4.78, 5) is 0. The molecule has 5 rings (SSSR count). The van der Waals surface area contributed by atoms with Gasteiger partial charge in [0.2, 0.25) is 0 Å². The molecule has 0 radical (unpaired) electrons. The van der Waals surface area contributed by atoms with E-state index in [9.17, 15) is 0 Å². The summed E-state index contributed by atoms with van der Waals surface area (Å²) in [6.07, 6.45) is 9.08. The van der Waals surface area contributed by atoms with Gasteiger partial charge < -0.3 is 0 Å². The van der Waals surface area contributed by atoms with E-state index in [1.165, 1.54) is 48.7 Å². The summed E-state index contributed by atoms with van der Waals surface area (Å²) in [5.74, 6) is 0. The van der Waals surface area contributed by atoms with Crippen molar-refractivity contribution in [3.8, 4) is 12.8 Å². The first kappa shape index (κ1) is 14.5. The van der Waals surface area contributed by atoms with Crippen molar-refractivity contribution in [2.75, 3.05) is 0 Å². The molecular weight excluding hydrogens is 288 g/mol. The van der Waals surface area contributed by atoms with Gasteiger partial charge in [-0.25, -0.2) is 0 Å². The molecule has 0 bridgehead atoms. The van der Waals surface area contributed by atoms with Gasteiger partial charge in [0.25, 0.3) is 0 Å². The van der Waals surface area contributed by atoms with Crippen molar-refractivity contribution < 1.29 is 0 Å². The molecular formula is C24H18. The molecule has 24 heavy (non-hydrogen) atoms. The van der Waals surface area contributed by atoms with Crippen LogP contribution in [0.25, 0.3) is 43.1 Å². The van der Waals surface area contributed by atoms with E-state index in [2.05, 4.69) is 86.5 Å². The van der Waals surface area contributed by atoms with Gasteiger partial charge >= 0.3 is 0 Å². The summed E-state index contributed by atoms with van der Waals surface area (Å²) >= 11 is 0. The Morgan fingerprint density at radius 3 is 1.71 bits per heavy atom. The van der Waals surface area contributed by atoms with Gasteiger partial charge in [0.1, 0.15) is 0 Å². The first-order chi connectivity index (χ1) is 11.9. The molecule has 0 unspecified atom stereocenters. The molecule has 0 fully saturated rings. The Balaban J connectivity index is 0.000000704. The van der Waals surface area contributed by atoms with Crippen LogP contribution in [-0.2, 0) is 6.42 Å². The summed E-state index contributed by atoms with van der Waals surface area (Å²) in [5.41, 5.74) is 1.44. The zero-order chi connectivity index (χ0) is 16.7. The van der Waals surface area contributed by atoms with Crippen molar-refractivity contribution >= 4 is 43.1 Å². The van der Waals surface area contributed by atoms with Crippen LogP contribution < -0.4 is 0 Å². The lowest BCUT2D eigenvalue weighted by molar-refractivity contribution is 1.16. The third-order valence-electron chi connectivity index (χ3n) is 5.00. The Kier molecular flexibility index (Phi) is 3.36. The fourth-order valence-corrected chi connectivity index (χ4v) is 4.01. The van der Waals surface area contributed by atoms with Gasteiger partial charge in [0, 0.05) is 0 Å². The highest BCUT2D eigenvalue weighted by Crippen LogP contribution is 2.40. The lowest BCUT2D eigenvalue weighted by atomic mass is 9.88. The van der Waals surface area contributed by atoms with Crippen LogP contribution in [-0.4, -0.2) is 0 Å². The van der Waals surface area contributed by atoms with Crippen molar-refractivity contribution in [3.63, 3.8) is 0 Å². The van der Waals surface area contributed by atoms with Gasteiger partial charge in [-0.3, -0.25) is 0 Å². The van der Waals surface area contributed by atoms with Crippen LogP contribution in [0.4, 0.5) is 0 Å². The van der Waals surface area contributed by atoms with Gasteiger partial charge in [0.15, 0.2) is 0 Å². The maximum Gasteiger partial charge on any atom is -0.00236 e. The minimum atomic E-state index is 1.08. The molecule has 0 heterocycles. The fraction of sp³-hybridized carbons (Fsp3) is 0.0833. The van der Waals surface area contributed by atoms with Crippen molar-refractivity contribution in [2.24, 2.45) is 0 Å². The topological polar surface area (TPSA) is 0 Å². The highest BCUT2D eigenvalue weighted by Gasteiger charge is 2.13. The molecule has 0 aliphatic heterocycles. The maximum absolute atomic E-state index is 4.00. The number of rotatable bonds is 1. The van der Waals surface area contributed by atoms with Crippen LogP contribution in [0.3, 0.4) is 0 Å². The van der Waals surface area contributed by atoms with Crippen LogP contribution >= 0.6 is 0 Å². The summed E-state index contributed by atoms with van der Waals surface area (Å²) in [5, 5.41) is 11.1. The lowest BCUT2D eigenvalue weighted by Gasteiger charge is -2.15. The molecule has 0 saturated carbocycles. The fourth-order valence-electron chi connectivity index (χ4n) is 4.01. The number of benzene rings is 5. The number of hydrogen-bond donors (Lipinski definition) is 0. The molecule has 5 aromatic carbocycles. The molecule has 0 atom stereocenters. The average molecular weight is 306 g/mol. The van der Waals surface area contributed by atoms with E-state index in [4.69, 9.17) is 0 Å². The molecule has 5 aromatic rings. The van der Waals surface area contributed by atoms with Crippen LogP contribution in [0.2, 0.25) is 0 Å². The largest absolute Gasteiger partial charge is 0.124 e. The predicted octanol–water partition coefficient (Wildman–Crippen LogP) is 6.55. The molecule has 0 N–H and O–H groups in total. The summed E-state index contributed by atoms with van der Waals surface area (Å²) in [7, 11) is 0. The molecule has 0 saturated heterocycles. The minimum Gasteiger partial charge on any atom is -0.124 e. The Bertz CT molecular complexity index is 1140. The highest BCUT2D eigenvalue weighted by molar-refractivity contribution is 6.33. The van der Waals surface area contributed by atoms with Crippen LogP contribution in [0, 0.1) is 12.8 Å². The van der Waals surface area contributed by atoms with E-state index >= 15 is 0 Å². The Hall–Kier alpha value is -3.04. The van der Waals surface area contributed by atoms with Gasteiger partial charge in [-0.05, 0) is 55.1 Å². The number of hydrogen-bond acceptors (Lipinski definition) is 0. The van der Waals surface area contributed by atoms with Crippen LogP contribution in [0.5, 0.6) is 0 Å². The average Bonchev–Trinajstić information content (AvgIpc) is 2.67. The molecule has 0 aliphatic rings. The van der Waals surface area contributed by atoms with E-state index in [0.29, 0.717) is 0 Å². The van der Waals surface area contributed by atoms with E-state index in [-0.39, 0.29) is 0 Å². The SMILES string of the molecule is C#C.CCc1ccc2c3cccc4cccc(c5cccc1c52)c43. The predicted molar refractivity (Wildman–Crippen MR) is 107 cm³/mol. The van der Waals surface area contributed by atoms with Crippen molar-refractivity contribution in [1.29, 1.82) is 0 Å². The zero-order valence-corrected chi connectivity index (χ0v) is 13.7. The molecule has 0 spiro atoms. The quantitative estimate of drug-likeness (QED) is 0.187. The molecule has 0 amide bonds. The second kappa shape index (κ2) is 5.55. The monoisotopic (exact) mass is 306 g/mol. The zero-order valence-electron chi connectivity index (χ0n) is 13.7. The Labute approximate surface area is 142 Å². The number of terminal acetylenes is 1. The first-order valence-corrected chi connectivity index (χ1v) is 8.29. The van der Waals surface area contributed by atoms with Gasteiger partial charge in [-0.1, -0.05) is 73.7 Å². The lowest BCUT2D eigenvalue weighted by Crippen LogP contribution is -1.89.